The Bertz CT molecular complexity index is 529. The van der Waals surface area contributed by atoms with Crippen molar-refractivity contribution >= 4 is 5.69 Å². The summed E-state index contributed by atoms with van der Waals surface area (Å²) in [6.45, 7) is 4.38. The molecule has 4 heteroatoms. The zero-order valence-electron chi connectivity index (χ0n) is 11.7. The second-order valence-corrected chi connectivity index (χ2v) is 5.47. The second-order valence-electron chi connectivity index (χ2n) is 5.47. The summed E-state index contributed by atoms with van der Waals surface area (Å²) in [7, 11) is 0. The van der Waals surface area contributed by atoms with Crippen LogP contribution in [0.15, 0.2) is 49.1 Å². The first-order chi connectivity index (χ1) is 9.81. The molecular weight excluding hydrogens is 248 g/mol. The third kappa shape index (κ3) is 3.14. The number of anilines is 1. The molecule has 0 radical (unpaired) electrons. The Balaban J connectivity index is 1.59. The van der Waals surface area contributed by atoms with Crippen LogP contribution >= 0.6 is 0 Å². The topological polar surface area (TPSA) is 41.1 Å². The fourth-order valence-corrected chi connectivity index (χ4v) is 2.85. The summed E-state index contributed by atoms with van der Waals surface area (Å²) in [5, 5.41) is 3.52. The molecule has 1 fully saturated rings. The molecule has 4 nitrogen and oxygen atoms in total. The standard InChI is InChI=1S/C16H20N4/c1-13-7-15(19-16-8-17-12-18-9-16)11-20(13)10-14-5-3-2-4-6-14/h2-6,8-9,12-13,15,19H,7,10-11H2,1H3. The number of hydrogen-bond donors (Lipinski definition) is 1. The Morgan fingerprint density at radius 1 is 1.20 bits per heavy atom. The molecule has 2 heterocycles. The molecule has 1 saturated heterocycles. The maximum Gasteiger partial charge on any atom is 0.115 e. The second kappa shape index (κ2) is 6.01. The summed E-state index contributed by atoms with van der Waals surface area (Å²) in [4.78, 5) is 10.6. The molecule has 0 amide bonds. The Kier molecular flexibility index (Phi) is 3.92. The molecule has 1 aliphatic heterocycles. The van der Waals surface area contributed by atoms with Crippen LogP contribution in [0.1, 0.15) is 18.9 Å². The highest BCUT2D eigenvalue weighted by Crippen LogP contribution is 2.22. The summed E-state index contributed by atoms with van der Waals surface area (Å²) in [6.07, 6.45) is 6.38. The lowest BCUT2D eigenvalue weighted by atomic mass is 10.2. The lowest BCUT2D eigenvalue weighted by Gasteiger charge is -2.20. The SMILES string of the molecule is CC1CC(Nc2cncnc2)CN1Cc1ccccc1. The van der Waals surface area contributed by atoms with Gasteiger partial charge in [-0.05, 0) is 18.9 Å². The molecule has 2 unspecified atom stereocenters. The minimum atomic E-state index is 0.472. The van der Waals surface area contributed by atoms with E-state index in [1.165, 1.54) is 5.56 Å². The van der Waals surface area contributed by atoms with E-state index in [2.05, 4.69) is 57.4 Å². The summed E-state index contributed by atoms with van der Waals surface area (Å²) < 4.78 is 0. The summed E-state index contributed by atoms with van der Waals surface area (Å²) in [5.41, 5.74) is 2.38. The molecule has 2 aromatic rings. The van der Waals surface area contributed by atoms with Gasteiger partial charge in [0.25, 0.3) is 0 Å². The monoisotopic (exact) mass is 268 g/mol. The highest BCUT2D eigenvalue weighted by atomic mass is 15.2. The zero-order valence-corrected chi connectivity index (χ0v) is 11.7. The van der Waals surface area contributed by atoms with E-state index in [4.69, 9.17) is 0 Å². The quantitative estimate of drug-likeness (QED) is 0.925. The van der Waals surface area contributed by atoms with Crippen LogP contribution < -0.4 is 5.32 Å². The van der Waals surface area contributed by atoms with Crippen LogP contribution in [0.4, 0.5) is 5.69 Å². The molecular formula is C16H20N4. The van der Waals surface area contributed by atoms with E-state index in [0.717, 1.165) is 25.2 Å². The van der Waals surface area contributed by atoms with Crippen molar-refractivity contribution in [2.75, 3.05) is 11.9 Å². The molecule has 104 valence electrons. The van der Waals surface area contributed by atoms with E-state index in [-0.39, 0.29) is 0 Å². The number of hydrogen-bond acceptors (Lipinski definition) is 4. The van der Waals surface area contributed by atoms with Gasteiger partial charge in [0.2, 0.25) is 0 Å². The van der Waals surface area contributed by atoms with Crippen LogP contribution in [-0.4, -0.2) is 33.5 Å². The third-order valence-electron chi connectivity index (χ3n) is 3.86. The first-order valence-electron chi connectivity index (χ1n) is 7.11. The van der Waals surface area contributed by atoms with Gasteiger partial charge in [-0.15, -0.1) is 0 Å². The highest BCUT2D eigenvalue weighted by molar-refractivity contribution is 5.38. The normalized spacial score (nSPS) is 22.9. The van der Waals surface area contributed by atoms with E-state index < -0.39 is 0 Å². The van der Waals surface area contributed by atoms with E-state index >= 15 is 0 Å². The Labute approximate surface area is 119 Å². The largest absolute Gasteiger partial charge is 0.378 e. The predicted molar refractivity (Wildman–Crippen MR) is 80.4 cm³/mol. The molecule has 2 atom stereocenters. The maximum atomic E-state index is 4.05. The van der Waals surface area contributed by atoms with Crippen LogP contribution in [0.25, 0.3) is 0 Å². The molecule has 1 aromatic heterocycles. The van der Waals surface area contributed by atoms with Crippen molar-refractivity contribution in [1.82, 2.24) is 14.9 Å². The highest BCUT2D eigenvalue weighted by Gasteiger charge is 2.28. The number of aromatic nitrogens is 2. The first-order valence-corrected chi connectivity index (χ1v) is 7.11. The fourth-order valence-electron chi connectivity index (χ4n) is 2.85. The maximum absolute atomic E-state index is 4.05. The zero-order chi connectivity index (χ0) is 13.8. The van der Waals surface area contributed by atoms with E-state index in [1.807, 2.05) is 12.4 Å². The summed E-state index contributed by atoms with van der Waals surface area (Å²) in [6, 6.07) is 11.7. The molecule has 1 N–H and O–H groups in total. The van der Waals surface area contributed by atoms with Crippen molar-refractivity contribution < 1.29 is 0 Å². The minimum absolute atomic E-state index is 0.472. The Morgan fingerprint density at radius 2 is 1.95 bits per heavy atom. The van der Waals surface area contributed by atoms with Gasteiger partial charge in [0.1, 0.15) is 6.33 Å². The number of rotatable bonds is 4. The fraction of sp³-hybridized carbons (Fsp3) is 0.375. The van der Waals surface area contributed by atoms with Gasteiger partial charge in [-0.1, -0.05) is 30.3 Å². The van der Waals surface area contributed by atoms with Gasteiger partial charge in [0, 0.05) is 25.2 Å². The molecule has 0 saturated carbocycles. The minimum Gasteiger partial charge on any atom is -0.378 e. The van der Waals surface area contributed by atoms with Gasteiger partial charge in [-0.2, -0.15) is 0 Å². The van der Waals surface area contributed by atoms with E-state index in [1.54, 1.807) is 6.33 Å². The summed E-state index contributed by atoms with van der Waals surface area (Å²) >= 11 is 0. The lowest BCUT2D eigenvalue weighted by molar-refractivity contribution is 0.259. The van der Waals surface area contributed by atoms with Crippen molar-refractivity contribution in [3.63, 3.8) is 0 Å². The Morgan fingerprint density at radius 3 is 2.70 bits per heavy atom. The van der Waals surface area contributed by atoms with Gasteiger partial charge in [-0.3, -0.25) is 4.90 Å². The van der Waals surface area contributed by atoms with Crippen LogP contribution in [-0.2, 0) is 6.54 Å². The van der Waals surface area contributed by atoms with Crippen molar-refractivity contribution in [2.45, 2.75) is 32.0 Å². The summed E-state index contributed by atoms with van der Waals surface area (Å²) in [5.74, 6) is 0. The lowest BCUT2D eigenvalue weighted by Crippen LogP contribution is -2.28. The predicted octanol–water partition coefficient (Wildman–Crippen LogP) is 2.55. The molecule has 0 aliphatic carbocycles. The van der Waals surface area contributed by atoms with Gasteiger partial charge in [0.15, 0.2) is 0 Å². The molecule has 3 rings (SSSR count). The van der Waals surface area contributed by atoms with Gasteiger partial charge >= 0.3 is 0 Å². The van der Waals surface area contributed by atoms with Crippen molar-refractivity contribution in [3.05, 3.63) is 54.6 Å². The molecule has 1 aromatic carbocycles. The van der Waals surface area contributed by atoms with Crippen LogP contribution in [0, 0.1) is 0 Å². The smallest absolute Gasteiger partial charge is 0.115 e. The molecule has 0 spiro atoms. The van der Waals surface area contributed by atoms with Gasteiger partial charge in [0.05, 0.1) is 18.1 Å². The van der Waals surface area contributed by atoms with Crippen LogP contribution in [0.2, 0.25) is 0 Å². The molecule has 1 aliphatic rings. The molecule has 20 heavy (non-hydrogen) atoms. The van der Waals surface area contributed by atoms with Crippen molar-refractivity contribution in [1.29, 1.82) is 0 Å². The number of benzene rings is 1. The molecule has 0 bridgehead atoms. The number of nitrogens with one attached hydrogen (secondary N) is 1. The van der Waals surface area contributed by atoms with E-state index in [0.29, 0.717) is 12.1 Å². The van der Waals surface area contributed by atoms with Crippen molar-refractivity contribution in [2.24, 2.45) is 0 Å². The average Bonchev–Trinajstić information content (AvgIpc) is 2.81. The van der Waals surface area contributed by atoms with Crippen LogP contribution in [0.5, 0.6) is 0 Å². The average molecular weight is 268 g/mol. The first kappa shape index (κ1) is 13.1. The van der Waals surface area contributed by atoms with E-state index in [9.17, 15) is 0 Å². The third-order valence-corrected chi connectivity index (χ3v) is 3.86. The Hall–Kier alpha value is -1.94. The number of nitrogens with zero attached hydrogens (tertiary/aromatic N) is 3. The van der Waals surface area contributed by atoms with Gasteiger partial charge in [-0.25, -0.2) is 9.97 Å². The van der Waals surface area contributed by atoms with Crippen molar-refractivity contribution in [3.8, 4) is 0 Å². The van der Waals surface area contributed by atoms with Gasteiger partial charge < -0.3 is 5.32 Å². The van der Waals surface area contributed by atoms with Crippen LogP contribution in [0.3, 0.4) is 0 Å². The number of likely N-dealkylation sites (tertiary alicyclic amines) is 1.